The fraction of sp³-hybridized carbons (Fsp3) is 0.400. The zero-order valence-corrected chi connectivity index (χ0v) is 17.8. The molecule has 6 heteroatoms. The van der Waals surface area contributed by atoms with Gasteiger partial charge in [0.05, 0.1) is 0 Å². The number of hydrogen-bond acceptors (Lipinski definition) is 4. The number of amides is 1. The summed E-state index contributed by atoms with van der Waals surface area (Å²) in [5.41, 5.74) is 2.94. The minimum atomic E-state index is -0.398. The van der Waals surface area contributed by atoms with Crippen molar-refractivity contribution in [3.05, 3.63) is 66.0 Å². The van der Waals surface area contributed by atoms with Gasteiger partial charge in [-0.2, -0.15) is 0 Å². The summed E-state index contributed by atoms with van der Waals surface area (Å²) in [4.78, 5) is 15.3. The Morgan fingerprint density at radius 1 is 0.871 bits per heavy atom. The first-order valence-electron chi connectivity index (χ1n) is 11.4. The van der Waals surface area contributed by atoms with Crippen LogP contribution in [-0.4, -0.2) is 38.7 Å². The number of benzene rings is 2. The quantitative estimate of drug-likeness (QED) is 0.669. The Hall–Kier alpha value is -3.15. The predicted molar refractivity (Wildman–Crippen MR) is 122 cm³/mol. The van der Waals surface area contributed by atoms with Crippen LogP contribution in [0.15, 0.2) is 54.6 Å². The van der Waals surface area contributed by atoms with E-state index in [0.29, 0.717) is 0 Å². The summed E-state index contributed by atoms with van der Waals surface area (Å²) in [5.74, 6) is 2.14. The van der Waals surface area contributed by atoms with Crippen LogP contribution in [0.5, 0.6) is 0 Å². The maximum Gasteiger partial charge on any atom is 0.249 e. The number of likely N-dealkylation sites (tertiary alicyclic amines) is 1. The highest BCUT2D eigenvalue weighted by Crippen LogP contribution is 2.28. The molecule has 6 nitrogen and oxygen atoms in total. The van der Waals surface area contributed by atoms with Crippen molar-refractivity contribution < 1.29 is 4.79 Å². The van der Waals surface area contributed by atoms with Crippen LogP contribution in [0.3, 0.4) is 0 Å². The standard InChI is InChI=1S/C25H29N5O/c31-25(29-15-7-8-16-29)23(19-10-3-1-4-11-19)26-21-13-9-12-20(18-21)24-28-27-22-14-5-2-6-17-30(22)24/h1,3-4,9-13,18,23,26H,2,5-8,14-17H2/t23-/m1/s1. The second kappa shape index (κ2) is 8.92. The average Bonchev–Trinajstić information content (AvgIpc) is 3.43. The molecule has 1 atom stereocenters. The van der Waals surface area contributed by atoms with Gasteiger partial charge in [-0.3, -0.25) is 4.79 Å². The molecule has 1 fully saturated rings. The zero-order valence-electron chi connectivity index (χ0n) is 17.8. The topological polar surface area (TPSA) is 63.1 Å². The molecule has 0 bridgehead atoms. The third-order valence-electron chi connectivity index (χ3n) is 6.34. The van der Waals surface area contributed by atoms with Crippen molar-refractivity contribution >= 4 is 11.6 Å². The van der Waals surface area contributed by atoms with Gasteiger partial charge in [-0.1, -0.05) is 48.9 Å². The molecule has 0 aliphatic carbocycles. The van der Waals surface area contributed by atoms with E-state index in [2.05, 4.69) is 32.2 Å². The van der Waals surface area contributed by atoms with Gasteiger partial charge in [-0.05, 0) is 43.4 Å². The van der Waals surface area contributed by atoms with Gasteiger partial charge in [0.1, 0.15) is 11.9 Å². The molecule has 3 heterocycles. The number of anilines is 1. The molecule has 2 aliphatic rings. The van der Waals surface area contributed by atoms with Crippen LogP contribution in [-0.2, 0) is 17.8 Å². The first kappa shape index (κ1) is 19.8. The highest BCUT2D eigenvalue weighted by atomic mass is 16.2. The number of fused-ring (bicyclic) bond motifs is 1. The van der Waals surface area contributed by atoms with E-state index < -0.39 is 6.04 Å². The van der Waals surface area contributed by atoms with Gasteiger partial charge in [0.2, 0.25) is 5.91 Å². The van der Waals surface area contributed by atoms with E-state index in [4.69, 9.17) is 0 Å². The van der Waals surface area contributed by atoms with Crippen molar-refractivity contribution in [1.29, 1.82) is 0 Å². The molecule has 0 spiro atoms. The molecule has 1 aromatic heterocycles. The number of aryl methyl sites for hydroxylation is 1. The lowest BCUT2D eigenvalue weighted by molar-refractivity contribution is -0.131. The average molecular weight is 416 g/mol. The molecule has 1 amide bonds. The fourth-order valence-electron chi connectivity index (χ4n) is 4.67. The van der Waals surface area contributed by atoms with E-state index in [9.17, 15) is 4.79 Å². The number of nitrogens with zero attached hydrogens (tertiary/aromatic N) is 4. The molecular formula is C25H29N5O. The lowest BCUT2D eigenvalue weighted by Gasteiger charge is -2.25. The van der Waals surface area contributed by atoms with Crippen molar-refractivity contribution in [2.24, 2.45) is 0 Å². The highest BCUT2D eigenvalue weighted by molar-refractivity contribution is 5.86. The second-order valence-corrected chi connectivity index (χ2v) is 8.50. The van der Waals surface area contributed by atoms with Crippen LogP contribution in [0.25, 0.3) is 11.4 Å². The van der Waals surface area contributed by atoms with E-state index in [1.165, 1.54) is 12.8 Å². The van der Waals surface area contributed by atoms with Gasteiger partial charge >= 0.3 is 0 Å². The minimum Gasteiger partial charge on any atom is -0.370 e. The van der Waals surface area contributed by atoms with Crippen molar-refractivity contribution in [3.63, 3.8) is 0 Å². The third kappa shape index (κ3) is 4.20. The van der Waals surface area contributed by atoms with Gasteiger partial charge in [-0.15, -0.1) is 10.2 Å². The van der Waals surface area contributed by atoms with Crippen LogP contribution < -0.4 is 5.32 Å². The molecule has 2 aromatic carbocycles. The van der Waals surface area contributed by atoms with Gasteiger partial charge in [0.15, 0.2) is 5.82 Å². The SMILES string of the molecule is O=C([C@H](Nc1cccc(-c2nnc3n2CCCCC3)c1)c1ccccc1)N1CCCC1. The Bertz CT molecular complexity index is 1040. The lowest BCUT2D eigenvalue weighted by atomic mass is 10.0. The molecule has 160 valence electrons. The number of nitrogens with one attached hydrogen (secondary N) is 1. The van der Waals surface area contributed by atoms with Gasteiger partial charge in [0.25, 0.3) is 0 Å². The van der Waals surface area contributed by atoms with Crippen LogP contribution in [0, 0.1) is 0 Å². The smallest absolute Gasteiger partial charge is 0.249 e. The predicted octanol–water partition coefficient (Wildman–Crippen LogP) is 4.45. The number of aromatic nitrogens is 3. The Labute approximate surface area is 183 Å². The molecule has 5 rings (SSSR count). The monoisotopic (exact) mass is 415 g/mol. The van der Waals surface area contributed by atoms with Gasteiger partial charge in [0, 0.05) is 37.3 Å². The van der Waals surface area contributed by atoms with Gasteiger partial charge in [-0.25, -0.2) is 0 Å². The maximum atomic E-state index is 13.3. The fourth-order valence-corrected chi connectivity index (χ4v) is 4.67. The van der Waals surface area contributed by atoms with E-state index in [1.807, 2.05) is 47.4 Å². The number of carbonyl (C=O) groups excluding carboxylic acids is 1. The van der Waals surface area contributed by atoms with Crippen molar-refractivity contribution in [2.45, 2.75) is 51.1 Å². The summed E-state index contributed by atoms with van der Waals surface area (Å²) in [6.45, 7) is 2.65. The van der Waals surface area contributed by atoms with E-state index in [0.717, 1.165) is 73.8 Å². The molecule has 2 aliphatic heterocycles. The first-order valence-corrected chi connectivity index (χ1v) is 11.4. The molecule has 0 unspecified atom stereocenters. The Morgan fingerprint density at radius 3 is 2.52 bits per heavy atom. The molecular weight excluding hydrogens is 386 g/mol. The summed E-state index contributed by atoms with van der Waals surface area (Å²) >= 11 is 0. The second-order valence-electron chi connectivity index (χ2n) is 8.50. The zero-order chi connectivity index (χ0) is 21.0. The molecule has 1 N–H and O–H groups in total. The van der Waals surface area contributed by atoms with Crippen molar-refractivity contribution in [3.8, 4) is 11.4 Å². The highest BCUT2D eigenvalue weighted by Gasteiger charge is 2.28. The number of carbonyl (C=O) groups is 1. The Morgan fingerprint density at radius 2 is 1.68 bits per heavy atom. The van der Waals surface area contributed by atoms with Crippen LogP contribution in [0.1, 0.15) is 49.5 Å². The summed E-state index contributed by atoms with van der Waals surface area (Å²) in [6, 6.07) is 17.8. The number of hydrogen-bond donors (Lipinski definition) is 1. The maximum absolute atomic E-state index is 13.3. The summed E-state index contributed by atoms with van der Waals surface area (Å²) in [5, 5.41) is 12.5. The summed E-state index contributed by atoms with van der Waals surface area (Å²) < 4.78 is 2.26. The van der Waals surface area contributed by atoms with E-state index >= 15 is 0 Å². The summed E-state index contributed by atoms with van der Waals surface area (Å²) in [6.07, 6.45) is 6.74. The lowest BCUT2D eigenvalue weighted by Crippen LogP contribution is -2.36. The number of rotatable bonds is 5. The van der Waals surface area contributed by atoms with Crippen LogP contribution in [0.4, 0.5) is 5.69 Å². The van der Waals surface area contributed by atoms with E-state index in [1.54, 1.807) is 0 Å². The Balaban J connectivity index is 1.44. The molecule has 3 aromatic rings. The van der Waals surface area contributed by atoms with Crippen molar-refractivity contribution in [2.75, 3.05) is 18.4 Å². The molecule has 31 heavy (non-hydrogen) atoms. The minimum absolute atomic E-state index is 0.144. The summed E-state index contributed by atoms with van der Waals surface area (Å²) in [7, 11) is 0. The van der Waals surface area contributed by atoms with Crippen molar-refractivity contribution in [1.82, 2.24) is 19.7 Å². The van der Waals surface area contributed by atoms with E-state index in [-0.39, 0.29) is 5.91 Å². The van der Waals surface area contributed by atoms with Gasteiger partial charge < -0.3 is 14.8 Å². The normalized spacial score (nSPS) is 17.1. The molecule has 0 radical (unpaired) electrons. The van der Waals surface area contributed by atoms with Crippen LogP contribution >= 0.6 is 0 Å². The third-order valence-corrected chi connectivity index (χ3v) is 6.34. The Kier molecular flexibility index (Phi) is 5.69. The molecule has 0 saturated carbocycles. The van der Waals surface area contributed by atoms with Crippen LogP contribution in [0.2, 0.25) is 0 Å². The largest absolute Gasteiger partial charge is 0.370 e. The first-order chi connectivity index (χ1) is 15.3. The molecule has 1 saturated heterocycles.